The van der Waals surface area contributed by atoms with Crippen LogP contribution in [0.25, 0.3) is 21.0 Å². The molecule has 1 aliphatic rings. The second-order valence-electron chi connectivity index (χ2n) is 7.08. The molecule has 0 bridgehead atoms. The second-order valence-corrected chi connectivity index (χ2v) is 8.13. The van der Waals surface area contributed by atoms with E-state index in [0.29, 0.717) is 30.0 Å². The van der Waals surface area contributed by atoms with Crippen molar-refractivity contribution in [2.45, 2.75) is 19.8 Å². The largest absolute Gasteiger partial charge is 0.466 e. The van der Waals surface area contributed by atoms with Crippen molar-refractivity contribution >= 4 is 44.2 Å². The maximum atomic E-state index is 13.1. The first-order chi connectivity index (χ1) is 13.5. The molecule has 1 saturated heterocycles. The van der Waals surface area contributed by atoms with Crippen molar-refractivity contribution in [1.82, 2.24) is 9.47 Å². The Morgan fingerprint density at radius 3 is 2.82 bits per heavy atom. The number of esters is 1. The molecule has 1 aromatic carbocycles. The lowest BCUT2D eigenvalue weighted by molar-refractivity contribution is -0.149. The first-order valence-corrected chi connectivity index (χ1v) is 10.3. The van der Waals surface area contributed by atoms with Crippen LogP contribution < -0.4 is 5.56 Å². The highest BCUT2D eigenvalue weighted by molar-refractivity contribution is 7.21. The normalized spacial score (nSPS) is 17.2. The molecule has 3 heterocycles. The van der Waals surface area contributed by atoms with Crippen molar-refractivity contribution in [3.8, 4) is 0 Å². The number of para-hydroxylation sites is 1. The van der Waals surface area contributed by atoms with Gasteiger partial charge in [-0.05, 0) is 31.9 Å². The van der Waals surface area contributed by atoms with Crippen LogP contribution >= 0.6 is 11.3 Å². The van der Waals surface area contributed by atoms with Gasteiger partial charge in [0.15, 0.2) is 0 Å². The fourth-order valence-corrected chi connectivity index (χ4v) is 5.03. The Hall–Kier alpha value is -2.67. The predicted molar refractivity (Wildman–Crippen MR) is 110 cm³/mol. The number of carbonyl (C=O) groups is 2. The highest BCUT2D eigenvalue weighted by atomic mass is 32.1. The molecule has 1 aliphatic heterocycles. The third-order valence-corrected chi connectivity index (χ3v) is 6.47. The number of aromatic nitrogens is 1. The van der Waals surface area contributed by atoms with E-state index in [1.54, 1.807) is 29.5 Å². The summed E-state index contributed by atoms with van der Waals surface area (Å²) in [6.07, 6.45) is 1.50. The van der Waals surface area contributed by atoms with Gasteiger partial charge in [-0.1, -0.05) is 18.2 Å². The molecule has 1 unspecified atom stereocenters. The van der Waals surface area contributed by atoms with Crippen LogP contribution in [-0.2, 0) is 16.6 Å². The first kappa shape index (κ1) is 18.7. The van der Waals surface area contributed by atoms with Crippen LogP contribution in [-0.4, -0.2) is 41.0 Å². The van der Waals surface area contributed by atoms with Crippen LogP contribution in [0, 0.1) is 5.92 Å². The van der Waals surface area contributed by atoms with Crippen LogP contribution in [0.1, 0.15) is 29.4 Å². The minimum Gasteiger partial charge on any atom is -0.466 e. The van der Waals surface area contributed by atoms with Gasteiger partial charge in [-0.25, -0.2) is 0 Å². The summed E-state index contributed by atoms with van der Waals surface area (Å²) < 4.78 is 7.58. The lowest BCUT2D eigenvalue weighted by atomic mass is 9.98. The van der Waals surface area contributed by atoms with E-state index >= 15 is 0 Å². The Morgan fingerprint density at radius 2 is 2.04 bits per heavy atom. The van der Waals surface area contributed by atoms with Gasteiger partial charge in [0.2, 0.25) is 0 Å². The molecule has 0 aliphatic carbocycles. The number of fused-ring (bicyclic) bond motifs is 3. The number of hydrogen-bond donors (Lipinski definition) is 0. The van der Waals surface area contributed by atoms with Gasteiger partial charge in [-0.2, -0.15) is 0 Å². The zero-order valence-corrected chi connectivity index (χ0v) is 16.8. The maximum Gasteiger partial charge on any atom is 0.310 e. The van der Waals surface area contributed by atoms with E-state index in [1.807, 2.05) is 24.3 Å². The second kappa shape index (κ2) is 7.39. The van der Waals surface area contributed by atoms with Crippen LogP contribution in [0.5, 0.6) is 0 Å². The number of piperidine rings is 1. The van der Waals surface area contributed by atoms with Crippen molar-refractivity contribution in [2.75, 3.05) is 19.7 Å². The fourth-order valence-electron chi connectivity index (χ4n) is 3.87. The number of hydrogen-bond acceptors (Lipinski definition) is 5. The van der Waals surface area contributed by atoms with Gasteiger partial charge in [-0.3, -0.25) is 14.4 Å². The minimum absolute atomic E-state index is 0.105. The van der Waals surface area contributed by atoms with E-state index < -0.39 is 0 Å². The van der Waals surface area contributed by atoms with E-state index in [0.717, 1.165) is 28.4 Å². The molecule has 2 aromatic heterocycles. The molecule has 4 rings (SSSR count). The summed E-state index contributed by atoms with van der Waals surface area (Å²) in [5.74, 6) is -0.640. The molecule has 1 amide bonds. The Labute approximate surface area is 166 Å². The van der Waals surface area contributed by atoms with Gasteiger partial charge in [0.25, 0.3) is 11.5 Å². The number of benzene rings is 1. The molecule has 0 saturated carbocycles. The van der Waals surface area contributed by atoms with E-state index in [4.69, 9.17) is 4.74 Å². The van der Waals surface area contributed by atoms with Crippen LogP contribution in [0.2, 0.25) is 0 Å². The zero-order valence-electron chi connectivity index (χ0n) is 15.9. The predicted octanol–water partition coefficient (Wildman–Crippen LogP) is 3.17. The van der Waals surface area contributed by atoms with E-state index in [9.17, 15) is 14.4 Å². The highest BCUT2D eigenvalue weighted by Gasteiger charge is 2.30. The van der Waals surface area contributed by atoms with Crippen LogP contribution in [0.3, 0.4) is 0 Å². The van der Waals surface area contributed by atoms with Gasteiger partial charge in [0.1, 0.15) is 0 Å². The van der Waals surface area contributed by atoms with Gasteiger partial charge in [0.05, 0.1) is 28.3 Å². The molecule has 0 N–H and O–H groups in total. The van der Waals surface area contributed by atoms with Gasteiger partial charge < -0.3 is 14.2 Å². The van der Waals surface area contributed by atoms with Gasteiger partial charge in [-0.15, -0.1) is 11.3 Å². The zero-order chi connectivity index (χ0) is 19.8. The topological polar surface area (TPSA) is 68.6 Å². The Morgan fingerprint density at radius 1 is 1.25 bits per heavy atom. The molecular formula is C21H22N2O4S. The Kier molecular flexibility index (Phi) is 4.93. The lowest BCUT2D eigenvalue weighted by Gasteiger charge is -2.31. The molecule has 0 spiro atoms. The minimum atomic E-state index is -0.277. The molecule has 3 aromatic rings. The smallest absolute Gasteiger partial charge is 0.310 e. The fraction of sp³-hybridized carbons (Fsp3) is 0.381. The lowest BCUT2D eigenvalue weighted by Crippen LogP contribution is -2.42. The number of rotatable bonds is 3. The summed E-state index contributed by atoms with van der Waals surface area (Å²) in [6, 6.07) is 9.41. The van der Waals surface area contributed by atoms with Crippen molar-refractivity contribution in [3.05, 3.63) is 45.6 Å². The molecule has 0 radical (unpaired) electrons. The molecule has 6 nitrogen and oxygen atoms in total. The molecule has 1 fully saturated rings. The number of likely N-dealkylation sites (tertiary alicyclic amines) is 1. The molecule has 146 valence electrons. The highest BCUT2D eigenvalue weighted by Crippen LogP contribution is 2.31. The molecule has 7 heteroatoms. The maximum absolute atomic E-state index is 13.1. The van der Waals surface area contributed by atoms with Crippen LogP contribution in [0.4, 0.5) is 0 Å². The third-order valence-electron chi connectivity index (χ3n) is 5.32. The van der Waals surface area contributed by atoms with E-state index in [1.165, 1.54) is 11.3 Å². The van der Waals surface area contributed by atoms with Crippen molar-refractivity contribution in [1.29, 1.82) is 0 Å². The molecular weight excluding hydrogens is 376 g/mol. The Balaban J connectivity index is 1.70. The average Bonchev–Trinajstić information content (AvgIpc) is 3.17. The number of carbonyl (C=O) groups excluding carboxylic acids is 2. The van der Waals surface area contributed by atoms with Crippen LogP contribution in [0.15, 0.2) is 35.1 Å². The molecule has 1 atom stereocenters. The SMILES string of the molecule is CCOC(=O)C1CCCN(C(=O)c2cc3c(=O)n(C)c4ccccc4c3s2)C1. The molecule has 28 heavy (non-hydrogen) atoms. The van der Waals surface area contributed by atoms with Crippen molar-refractivity contribution in [2.24, 2.45) is 13.0 Å². The monoisotopic (exact) mass is 398 g/mol. The first-order valence-electron chi connectivity index (χ1n) is 9.48. The summed E-state index contributed by atoms with van der Waals surface area (Å²) in [5, 5.41) is 1.53. The number of aryl methyl sites for hydroxylation is 1. The summed E-state index contributed by atoms with van der Waals surface area (Å²) in [6.45, 7) is 3.11. The standard InChI is InChI=1S/C21H22N2O4S/c1-3-27-21(26)13-7-6-10-23(12-13)20(25)17-11-15-18(28-17)14-8-4-5-9-16(14)22(2)19(15)24/h4-5,8-9,11,13H,3,6-7,10,12H2,1-2H3. The van der Waals surface area contributed by atoms with Crippen molar-refractivity contribution < 1.29 is 14.3 Å². The number of amides is 1. The summed E-state index contributed by atoms with van der Waals surface area (Å²) in [4.78, 5) is 40.2. The summed E-state index contributed by atoms with van der Waals surface area (Å²) >= 11 is 1.35. The number of pyridine rings is 1. The van der Waals surface area contributed by atoms with E-state index in [-0.39, 0.29) is 23.4 Å². The summed E-state index contributed by atoms with van der Waals surface area (Å²) in [5.41, 5.74) is 0.744. The number of ether oxygens (including phenoxy) is 1. The van der Waals surface area contributed by atoms with Crippen molar-refractivity contribution in [3.63, 3.8) is 0 Å². The quantitative estimate of drug-likeness (QED) is 0.636. The van der Waals surface area contributed by atoms with E-state index in [2.05, 4.69) is 0 Å². The van der Waals surface area contributed by atoms with Gasteiger partial charge in [0, 0.05) is 30.2 Å². The summed E-state index contributed by atoms with van der Waals surface area (Å²) in [7, 11) is 1.75. The third kappa shape index (κ3) is 3.09. The number of thiophene rings is 1. The average molecular weight is 398 g/mol. The van der Waals surface area contributed by atoms with Gasteiger partial charge >= 0.3 is 5.97 Å². The number of nitrogens with zero attached hydrogens (tertiary/aromatic N) is 2. The Bertz CT molecular complexity index is 1130.